The quantitative estimate of drug-likeness (QED) is 0.861. The predicted molar refractivity (Wildman–Crippen MR) is 94.1 cm³/mol. The lowest BCUT2D eigenvalue weighted by Gasteiger charge is -2.42. The van der Waals surface area contributed by atoms with Crippen LogP contribution in [0.1, 0.15) is 56.5 Å². The minimum atomic E-state index is 0.456. The Morgan fingerprint density at radius 2 is 1.86 bits per heavy atom. The Bertz CT molecular complexity index is 525. The number of pyridine rings is 1. The van der Waals surface area contributed by atoms with Crippen molar-refractivity contribution in [3.63, 3.8) is 0 Å². The van der Waals surface area contributed by atoms with E-state index in [1.165, 1.54) is 31.4 Å². The van der Waals surface area contributed by atoms with Crippen molar-refractivity contribution in [3.8, 4) is 0 Å². The Hall–Kier alpha value is -1.16. The van der Waals surface area contributed by atoms with Crippen molar-refractivity contribution in [2.45, 2.75) is 53.4 Å². The van der Waals surface area contributed by atoms with Crippen molar-refractivity contribution in [3.05, 3.63) is 23.0 Å². The third-order valence-corrected chi connectivity index (χ3v) is 5.42. The topological polar surface area (TPSA) is 42.2 Å². The average molecular weight is 305 g/mol. The smallest absolute Gasteiger partial charge is 0.107 e. The van der Waals surface area contributed by atoms with Crippen molar-refractivity contribution in [2.24, 2.45) is 11.1 Å². The van der Waals surface area contributed by atoms with E-state index in [1.54, 1.807) is 0 Å². The molecule has 1 fully saturated rings. The van der Waals surface area contributed by atoms with Gasteiger partial charge in [-0.2, -0.15) is 0 Å². The number of nitrogens with two attached hydrogens (primary N) is 1. The van der Waals surface area contributed by atoms with E-state index in [1.807, 2.05) is 13.8 Å². The van der Waals surface area contributed by atoms with E-state index in [0.29, 0.717) is 10.4 Å². The number of nitrogens with zero attached hydrogens (tertiary/aromatic N) is 2. The second kappa shape index (κ2) is 6.30. The number of rotatable bonds is 4. The fourth-order valence-corrected chi connectivity index (χ4v) is 3.79. The number of anilines is 1. The van der Waals surface area contributed by atoms with Crippen LogP contribution in [0.25, 0.3) is 0 Å². The van der Waals surface area contributed by atoms with E-state index in [2.05, 4.69) is 29.8 Å². The third-order valence-electron chi connectivity index (χ3n) is 5.22. The lowest BCUT2D eigenvalue weighted by atomic mass is 9.74. The van der Waals surface area contributed by atoms with Gasteiger partial charge in [-0.05, 0) is 38.2 Å². The van der Waals surface area contributed by atoms with Crippen LogP contribution in [0.15, 0.2) is 6.07 Å². The summed E-state index contributed by atoms with van der Waals surface area (Å²) < 4.78 is 0. The fraction of sp³-hybridized carbons (Fsp3) is 0.647. The van der Waals surface area contributed by atoms with Crippen molar-refractivity contribution in [2.75, 3.05) is 18.0 Å². The zero-order valence-corrected chi connectivity index (χ0v) is 14.5. The van der Waals surface area contributed by atoms with Gasteiger partial charge in [0.1, 0.15) is 4.99 Å². The lowest BCUT2D eigenvalue weighted by molar-refractivity contribution is 0.199. The second-order valence-corrected chi connectivity index (χ2v) is 6.74. The van der Waals surface area contributed by atoms with Crippen LogP contribution in [0.2, 0.25) is 0 Å². The van der Waals surface area contributed by atoms with E-state index < -0.39 is 0 Å². The molecule has 21 heavy (non-hydrogen) atoms. The number of hydrogen-bond donors (Lipinski definition) is 1. The molecule has 2 heterocycles. The van der Waals surface area contributed by atoms with Crippen molar-refractivity contribution >= 4 is 22.9 Å². The molecule has 1 aliphatic heterocycles. The molecule has 0 amide bonds. The van der Waals surface area contributed by atoms with Gasteiger partial charge in [0.25, 0.3) is 0 Å². The van der Waals surface area contributed by atoms with E-state index in [9.17, 15) is 0 Å². The summed E-state index contributed by atoms with van der Waals surface area (Å²) >= 11 is 5.25. The van der Waals surface area contributed by atoms with Crippen molar-refractivity contribution in [1.29, 1.82) is 0 Å². The Kier molecular flexibility index (Phi) is 4.87. The van der Waals surface area contributed by atoms with E-state index >= 15 is 0 Å². The van der Waals surface area contributed by atoms with Gasteiger partial charge in [0, 0.05) is 24.5 Å². The number of thiocarbonyl (C=S) groups is 1. The molecule has 2 N–H and O–H groups in total. The largest absolute Gasteiger partial charge is 0.389 e. The Labute approximate surface area is 133 Å². The van der Waals surface area contributed by atoms with Crippen LogP contribution < -0.4 is 10.6 Å². The molecular weight excluding hydrogens is 278 g/mol. The predicted octanol–water partition coefficient (Wildman–Crippen LogP) is 3.74. The highest BCUT2D eigenvalue weighted by Crippen LogP contribution is 2.40. The molecule has 0 atom stereocenters. The summed E-state index contributed by atoms with van der Waals surface area (Å²) in [4.78, 5) is 7.42. The number of hydrogen-bond acceptors (Lipinski definition) is 3. The minimum absolute atomic E-state index is 0.456. The molecule has 0 saturated carbocycles. The maximum atomic E-state index is 5.94. The van der Waals surface area contributed by atoms with Gasteiger partial charge in [0.05, 0.1) is 11.3 Å². The number of piperidine rings is 1. The van der Waals surface area contributed by atoms with Gasteiger partial charge in [-0.15, -0.1) is 0 Å². The fourth-order valence-electron chi connectivity index (χ4n) is 3.54. The average Bonchev–Trinajstić information content (AvgIpc) is 2.46. The van der Waals surface area contributed by atoms with Crippen LogP contribution in [-0.2, 0) is 0 Å². The SMILES string of the molecule is CCC1(CC)CCN(c2cc(C)nc(C)c2C(N)=S)CC1. The summed E-state index contributed by atoms with van der Waals surface area (Å²) in [5.41, 5.74) is 10.6. The van der Waals surface area contributed by atoms with Gasteiger partial charge < -0.3 is 10.6 Å². The number of aryl methyl sites for hydroxylation is 2. The maximum absolute atomic E-state index is 5.94. The van der Waals surface area contributed by atoms with Crippen LogP contribution >= 0.6 is 12.2 Å². The molecule has 0 aromatic carbocycles. The molecule has 0 radical (unpaired) electrons. The molecule has 1 aromatic rings. The van der Waals surface area contributed by atoms with E-state index in [4.69, 9.17) is 18.0 Å². The van der Waals surface area contributed by atoms with Gasteiger partial charge in [-0.1, -0.05) is 38.9 Å². The highest BCUT2D eigenvalue weighted by Gasteiger charge is 2.32. The molecule has 0 bridgehead atoms. The summed E-state index contributed by atoms with van der Waals surface area (Å²) in [7, 11) is 0. The molecule has 116 valence electrons. The van der Waals surface area contributed by atoms with Gasteiger partial charge in [0.2, 0.25) is 0 Å². The van der Waals surface area contributed by atoms with Crippen molar-refractivity contribution < 1.29 is 0 Å². The molecule has 1 aromatic heterocycles. The van der Waals surface area contributed by atoms with Crippen LogP contribution in [-0.4, -0.2) is 23.1 Å². The van der Waals surface area contributed by atoms with Crippen LogP contribution in [0.3, 0.4) is 0 Å². The highest BCUT2D eigenvalue weighted by molar-refractivity contribution is 7.80. The first-order valence-electron chi connectivity index (χ1n) is 7.95. The summed E-state index contributed by atoms with van der Waals surface area (Å²) in [6, 6.07) is 2.13. The zero-order valence-electron chi connectivity index (χ0n) is 13.7. The maximum Gasteiger partial charge on any atom is 0.107 e. The normalized spacial score (nSPS) is 17.8. The molecule has 1 aliphatic rings. The first-order chi connectivity index (χ1) is 9.92. The van der Waals surface area contributed by atoms with Gasteiger partial charge in [-0.3, -0.25) is 4.98 Å². The summed E-state index contributed by atoms with van der Waals surface area (Å²) in [5.74, 6) is 0. The number of aromatic nitrogens is 1. The summed E-state index contributed by atoms with van der Waals surface area (Å²) in [5, 5.41) is 0. The molecule has 3 nitrogen and oxygen atoms in total. The first kappa shape index (κ1) is 16.2. The monoisotopic (exact) mass is 305 g/mol. The lowest BCUT2D eigenvalue weighted by Crippen LogP contribution is -2.40. The molecule has 2 rings (SSSR count). The van der Waals surface area contributed by atoms with Crippen LogP contribution in [0.4, 0.5) is 5.69 Å². The molecule has 0 spiro atoms. The first-order valence-corrected chi connectivity index (χ1v) is 8.36. The van der Waals surface area contributed by atoms with E-state index in [0.717, 1.165) is 30.0 Å². The van der Waals surface area contributed by atoms with Crippen LogP contribution in [0.5, 0.6) is 0 Å². The Morgan fingerprint density at radius 3 is 2.33 bits per heavy atom. The van der Waals surface area contributed by atoms with Gasteiger partial charge in [-0.25, -0.2) is 0 Å². The van der Waals surface area contributed by atoms with Crippen molar-refractivity contribution in [1.82, 2.24) is 4.98 Å². The van der Waals surface area contributed by atoms with E-state index in [-0.39, 0.29) is 0 Å². The van der Waals surface area contributed by atoms with Gasteiger partial charge >= 0.3 is 0 Å². The Morgan fingerprint density at radius 1 is 1.29 bits per heavy atom. The summed E-state index contributed by atoms with van der Waals surface area (Å²) in [6.45, 7) is 10.8. The molecule has 0 unspecified atom stereocenters. The molecule has 1 saturated heterocycles. The minimum Gasteiger partial charge on any atom is -0.389 e. The summed E-state index contributed by atoms with van der Waals surface area (Å²) in [6.07, 6.45) is 5.04. The second-order valence-electron chi connectivity index (χ2n) is 6.30. The molecule has 0 aliphatic carbocycles. The third kappa shape index (κ3) is 3.20. The highest BCUT2D eigenvalue weighted by atomic mass is 32.1. The molecule has 4 heteroatoms. The molecular formula is C17H27N3S. The Balaban J connectivity index is 2.30. The van der Waals surface area contributed by atoms with Gasteiger partial charge in [0.15, 0.2) is 0 Å². The zero-order chi connectivity index (χ0) is 15.6. The van der Waals surface area contributed by atoms with Crippen LogP contribution in [0, 0.1) is 19.3 Å². The standard InChI is InChI=1S/C17H27N3S/c1-5-17(6-2)7-9-20(10-8-17)14-11-12(3)19-13(4)15(14)16(18)21/h11H,5-10H2,1-4H3,(H2,18,21).